The molecule has 0 fully saturated rings. The zero-order valence-electron chi connectivity index (χ0n) is 7.06. The third-order valence-electron chi connectivity index (χ3n) is 1.17. The average molecular weight is 195 g/mol. The molecule has 0 aromatic carbocycles. The first kappa shape index (κ1) is 9.53. The van der Waals surface area contributed by atoms with E-state index in [0.29, 0.717) is 5.69 Å². The van der Waals surface area contributed by atoms with E-state index in [4.69, 9.17) is 5.73 Å². The van der Waals surface area contributed by atoms with E-state index in [0.717, 1.165) is 5.69 Å². The first-order valence-corrected chi connectivity index (χ1v) is 3.96. The third kappa shape index (κ3) is 3.57. The van der Waals surface area contributed by atoms with E-state index in [1.165, 1.54) is 6.21 Å². The molecule has 68 valence electrons. The Kier molecular flexibility index (Phi) is 3.27. The lowest BCUT2D eigenvalue weighted by Crippen LogP contribution is -2.24. The van der Waals surface area contributed by atoms with E-state index in [1.807, 2.05) is 6.92 Å². The van der Waals surface area contributed by atoms with Crippen molar-refractivity contribution in [1.29, 1.82) is 0 Å². The summed E-state index contributed by atoms with van der Waals surface area (Å²) in [5, 5.41) is 3.85. The van der Waals surface area contributed by atoms with Gasteiger partial charge in [-0.1, -0.05) is 0 Å². The quantitative estimate of drug-likeness (QED) is 0.393. The van der Waals surface area contributed by atoms with Crippen molar-refractivity contribution < 1.29 is 0 Å². The van der Waals surface area contributed by atoms with Gasteiger partial charge in [-0.15, -0.1) is 0 Å². The fourth-order valence-corrected chi connectivity index (χ4v) is 0.684. The SMILES string of the molecule is Cc1cnc(/C=N/NC(N)=S)cn1. The molecule has 0 saturated heterocycles. The van der Waals surface area contributed by atoms with Gasteiger partial charge in [0.2, 0.25) is 0 Å². The van der Waals surface area contributed by atoms with Gasteiger partial charge in [0.05, 0.1) is 18.1 Å². The summed E-state index contributed by atoms with van der Waals surface area (Å²) in [6.07, 6.45) is 4.76. The van der Waals surface area contributed by atoms with Crippen LogP contribution >= 0.6 is 12.2 Å². The van der Waals surface area contributed by atoms with Crippen LogP contribution in [-0.2, 0) is 0 Å². The molecule has 0 aliphatic heterocycles. The molecule has 0 aliphatic carbocycles. The number of nitrogens with one attached hydrogen (secondary N) is 1. The van der Waals surface area contributed by atoms with Crippen LogP contribution in [0.15, 0.2) is 17.5 Å². The zero-order chi connectivity index (χ0) is 9.68. The molecule has 3 N–H and O–H groups in total. The predicted octanol–water partition coefficient (Wildman–Crippen LogP) is -0.0479. The summed E-state index contributed by atoms with van der Waals surface area (Å²) in [5.41, 5.74) is 9.08. The van der Waals surface area contributed by atoms with Gasteiger partial charge in [-0.2, -0.15) is 5.10 Å². The Morgan fingerprint density at radius 2 is 2.38 bits per heavy atom. The van der Waals surface area contributed by atoms with Crippen LogP contribution in [0.4, 0.5) is 0 Å². The van der Waals surface area contributed by atoms with E-state index in [1.54, 1.807) is 12.4 Å². The summed E-state index contributed by atoms with van der Waals surface area (Å²) in [6, 6.07) is 0. The predicted molar refractivity (Wildman–Crippen MR) is 54.3 cm³/mol. The summed E-state index contributed by atoms with van der Waals surface area (Å²) in [5.74, 6) is 0. The number of rotatable bonds is 2. The zero-order valence-corrected chi connectivity index (χ0v) is 7.88. The average Bonchev–Trinajstić information content (AvgIpc) is 2.08. The molecule has 0 bridgehead atoms. The lowest BCUT2D eigenvalue weighted by molar-refractivity contribution is 1.03. The minimum Gasteiger partial charge on any atom is -0.375 e. The van der Waals surface area contributed by atoms with Gasteiger partial charge in [0.15, 0.2) is 5.11 Å². The van der Waals surface area contributed by atoms with Gasteiger partial charge in [0.25, 0.3) is 0 Å². The second-order valence-corrected chi connectivity index (χ2v) is 2.76. The van der Waals surface area contributed by atoms with Crippen molar-refractivity contribution >= 4 is 23.5 Å². The highest BCUT2D eigenvalue weighted by atomic mass is 32.1. The van der Waals surface area contributed by atoms with Crippen LogP contribution in [0.5, 0.6) is 0 Å². The number of nitrogens with zero attached hydrogens (tertiary/aromatic N) is 3. The number of aryl methyl sites for hydroxylation is 1. The van der Waals surface area contributed by atoms with E-state index >= 15 is 0 Å². The van der Waals surface area contributed by atoms with Crippen LogP contribution in [0.2, 0.25) is 0 Å². The summed E-state index contributed by atoms with van der Waals surface area (Å²) >= 11 is 4.55. The molecule has 6 heteroatoms. The van der Waals surface area contributed by atoms with Gasteiger partial charge in [-0.25, -0.2) is 0 Å². The second-order valence-electron chi connectivity index (χ2n) is 2.32. The minimum atomic E-state index is 0.122. The van der Waals surface area contributed by atoms with Crippen molar-refractivity contribution in [3.8, 4) is 0 Å². The maximum atomic E-state index is 5.15. The molecule has 0 amide bonds. The number of nitrogens with two attached hydrogens (primary N) is 1. The van der Waals surface area contributed by atoms with Crippen LogP contribution in [0, 0.1) is 6.92 Å². The molecule has 13 heavy (non-hydrogen) atoms. The van der Waals surface area contributed by atoms with E-state index in [9.17, 15) is 0 Å². The molecule has 0 atom stereocenters. The van der Waals surface area contributed by atoms with Crippen molar-refractivity contribution in [2.45, 2.75) is 6.92 Å². The maximum absolute atomic E-state index is 5.15. The van der Waals surface area contributed by atoms with Gasteiger partial charge in [-0.05, 0) is 19.1 Å². The van der Waals surface area contributed by atoms with Crippen LogP contribution in [0.3, 0.4) is 0 Å². The Labute approximate surface area is 81.1 Å². The van der Waals surface area contributed by atoms with Gasteiger partial charge < -0.3 is 5.73 Å². The monoisotopic (exact) mass is 195 g/mol. The lowest BCUT2D eigenvalue weighted by atomic mass is 10.4. The van der Waals surface area contributed by atoms with Crippen molar-refractivity contribution in [3.63, 3.8) is 0 Å². The summed E-state index contributed by atoms with van der Waals surface area (Å²) in [7, 11) is 0. The van der Waals surface area contributed by atoms with Crippen LogP contribution in [0.25, 0.3) is 0 Å². The highest BCUT2D eigenvalue weighted by Gasteiger charge is 1.89. The molecular formula is C7H9N5S. The Morgan fingerprint density at radius 3 is 2.92 bits per heavy atom. The van der Waals surface area contributed by atoms with Gasteiger partial charge in [0, 0.05) is 6.20 Å². The molecule has 0 spiro atoms. The highest BCUT2D eigenvalue weighted by Crippen LogP contribution is 1.89. The molecule has 1 aromatic rings. The smallest absolute Gasteiger partial charge is 0.184 e. The molecule has 5 nitrogen and oxygen atoms in total. The summed E-state index contributed by atoms with van der Waals surface area (Å²) < 4.78 is 0. The Bertz CT molecular complexity index is 318. The Balaban J connectivity index is 2.59. The third-order valence-corrected chi connectivity index (χ3v) is 1.26. The van der Waals surface area contributed by atoms with Gasteiger partial charge >= 0.3 is 0 Å². The summed E-state index contributed by atoms with van der Waals surface area (Å²) in [6.45, 7) is 1.86. The normalized spacial score (nSPS) is 10.2. The molecule has 1 aromatic heterocycles. The van der Waals surface area contributed by atoms with E-state index < -0.39 is 0 Å². The van der Waals surface area contributed by atoms with Crippen LogP contribution in [-0.4, -0.2) is 21.3 Å². The second kappa shape index (κ2) is 4.46. The minimum absolute atomic E-state index is 0.122. The topological polar surface area (TPSA) is 76.2 Å². The number of hydrogen-bond acceptors (Lipinski definition) is 4. The van der Waals surface area contributed by atoms with Crippen molar-refractivity contribution in [2.24, 2.45) is 10.8 Å². The van der Waals surface area contributed by atoms with Crippen LogP contribution < -0.4 is 11.2 Å². The Morgan fingerprint density at radius 1 is 1.62 bits per heavy atom. The number of aromatic nitrogens is 2. The molecule has 1 rings (SSSR count). The molecule has 1 heterocycles. The fourth-order valence-electron chi connectivity index (χ4n) is 0.631. The maximum Gasteiger partial charge on any atom is 0.184 e. The molecule has 0 saturated carbocycles. The number of hydrazone groups is 1. The first-order chi connectivity index (χ1) is 6.18. The van der Waals surface area contributed by atoms with Crippen LogP contribution in [0.1, 0.15) is 11.4 Å². The highest BCUT2D eigenvalue weighted by molar-refractivity contribution is 7.80. The molecule has 0 unspecified atom stereocenters. The molecule has 0 radical (unpaired) electrons. The van der Waals surface area contributed by atoms with Crippen molar-refractivity contribution in [2.75, 3.05) is 0 Å². The van der Waals surface area contributed by atoms with Crippen molar-refractivity contribution in [3.05, 3.63) is 23.8 Å². The number of hydrogen-bond donors (Lipinski definition) is 2. The van der Waals surface area contributed by atoms with Gasteiger partial charge in [-0.3, -0.25) is 15.4 Å². The summed E-state index contributed by atoms with van der Waals surface area (Å²) in [4.78, 5) is 8.07. The standard InChI is InChI=1S/C7H9N5S/c1-5-2-10-6(3-9-5)4-11-12-7(8)13/h2-4H,1H3,(H3,8,12,13)/b11-4+. The van der Waals surface area contributed by atoms with E-state index in [-0.39, 0.29) is 5.11 Å². The molecular weight excluding hydrogens is 186 g/mol. The van der Waals surface area contributed by atoms with E-state index in [2.05, 4.69) is 32.7 Å². The fraction of sp³-hybridized carbons (Fsp3) is 0.143. The largest absolute Gasteiger partial charge is 0.375 e. The first-order valence-electron chi connectivity index (χ1n) is 3.55. The number of thiocarbonyl (C=S) groups is 1. The van der Waals surface area contributed by atoms with Gasteiger partial charge in [0.1, 0.15) is 5.69 Å². The Hall–Kier alpha value is -1.56. The lowest BCUT2D eigenvalue weighted by Gasteiger charge is -1.94. The van der Waals surface area contributed by atoms with Crippen molar-refractivity contribution in [1.82, 2.24) is 15.4 Å². The molecule has 0 aliphatic rings.